The number of amides is 4. The summed E-state index contributed by atoms with van der Waals surface area (Å²) in [7, 11) is 0. The number of carbonyl (C=O) groups is 4. The smallest absolute Gasteiger partial charge is 0.370 e. The van der Waals surface area contributed by atoms with Gasteiger partial charge >= 0.3 is 6.18 Å². The molecule has 41 heavy (non-hydrogen) atoms. The quantitative estimate of drug-likeness (QED) is 0.0682. The van der Waals surface area contributed by atoms with Crippen LogP contribution < -0.4 is 38.9 Å². The van der Waals surface area contributed by atoms with Crippen molar-refractivity contribution in [2.24, 2.45) is 27.9 Å². The van der Waals surface area contributed by atoms with E-state index in [0.29, 0.717) is 18.9 Å². The second kappa shape index (κ2) is 15.4. The van der Waals surface area contributed by atoms with E-state index in [1.54, 1.807) is 0 Å². The number of unbranched alkanes of at least 4 members (excludes halogenated alkanes) is 1. The van der Waals surface area contributed by atoms with Crippen LogP contribution in [0.25, 0.3) is 0 Å². The molecule has 0 saturated heterocycles. The zero-order valence-electron chi connectivity index (χ0n) is 21.6. The van der Waals surface area contributed by atoms with Gasteiger partial charge in [-0.05, 0) is 25.0 Å². The number of halogens is 3. The topological polar surface area (TPSA) is 247 Å². The van der Waals surface area contributed by atoms with Gasteiger partial charge in [-0.3, -0.25) is 24.2 Å². The highest BCUT2D eigenvalue weighted by atomic mass is 32.2. The van der Waals surface area contributed by atoms with Crippen LogP contribution in [0, 0.1) is 0 Å². The Morgan fingerprint density at radius 2 is 1.59 bits per heavy atom. The summed E-state index contributed by atoms with van der Waals surface area (Å²) in [6, 6.07) is 2.41. The van der Waals surface area contributed by atoms with Gasteiger partial charge in [-0.15, -0.1) is 11.8 Å². The lowest BCUT2D eigenvalue weighted by Gasteiger charge is -2.19. The molecule has 222 valence electrons. The molecular formula is C23H29F3N10O4S. The van der Waals surface area contributed by atoms with Crippen molar-refractivity contribution in [1.29, 1.82) is 0 Å². The molecule has 4 amide bonds. The lowest BCUT2D eigenvalue weighted by Crippen LogP contribution is -2.31. The predicted molar refractivity (Wildman–Crippen MR) is 146 cm³/mol. The summed E-state index contributed by atoms with van der Waals surface area (Å²) in [6.07, 6.45) is -3.20. The Hall–Kier alpha value is -4.45. The zero-order valence-corrected chi connectivity index (χ0v) is 22.4. The van der Waals surface area contributed by atoms with E-state index >= 15 is 0 Å². The van der Waals surface area contributed by atoms with Crippen LogP contribution in [0.4, 0.5) is 24.5 Å². The van der Waals surface area contributed by atoms with Gasteiger partial charge in [0.2, 0.25) is 11.8 Å². The van der Waals surface area contributed by atoms with Gasteiger partial charge < -0.3 is 38.9 Å². The summed E-state index contributed by atoms with van der Waals surface area (Å²) in [5, 5.41) is 7.34. The van der Waals surface area contributed by atoms with Crippen LogP contribution in [0.5, 0.6) is 0 Å². The number of aliphatic imine (C=N–C) groups is 1. The van der Waals surface area contributed by atoms with Crippen molar-refractivity contribution in [2.75, 3.05) is 36.0 Å². The molecule has 1 aromatic heterocycles. The lowest BCUT2D eigenvalue weighted by atomic mass is 10.1. The molecule has 0 unspecified atom stereocenters. The van der Waals surface area contributed by atoms with Crippen LogP contribution in [0.2, 0.25) is 0 Å². The van der Waals surface area contributed by atoms with Gasteiger partial charge in [0.25, 0.3) is 11.8 Å². The normalized spacial score (nSPS) is 10.9. The first-order valence-electron chi connectivity index (χ1n) is 11.9. The van der Waals surface area contributed by atoms with Gasteiger partial charge in [0, 0.05) is 31.3 Å². The van der Waals surface area contributed by atoms with Crippen molar-refractivity contribution < 1.29 is 32.3 Å². The Kier molecular flexibility index (Phi) is 12.3. The monoisotopic (exact) mass is 598 g/mol. The molecule has 0 bridgehead atoms. The number of anilines is 2. The summed E-state index contributed by atoms with van der Waals surface area (Å²) >= 11 is 0.963. The van der Waals surface area contributed by atoms with E-state index in [4.69, 9.17) is 22.9 Å². The summed E-state index contributed by atoms with van der Waals surface area (Å²) < 4.78 is 41.4. The van der Waals surface area contributed by atoms with Crippen molar-refractivity contribution in [3.05, 3.63) is 41.5 Å². The second-order valence-electron chi connectivity index (χ2n) is 8.22. The summed E-state index contributed by atoms with van der Waals surface area (Å²) in [5.74, 6) is -2.92. The third kappa shape index (κ3) is 10.9. The van der Waals surface area contributed by atoms with Crippen molar-refractivity contribution in [2.45, 2.75) is 30.3 Å². The number of nitrogens with one attached hydrogen (secondary N) is 3. The van der Waals surface area contributed by atoms with Crippen molar-refractivity contribution in [3.8, 4) is 0 Å². The summed E-state index contributed by atoms with van der Waals surface area (Å²) in [4.78, 5) is 59.7. The molecule has 0 saturated carbocycles. The maximum Gasteiger partial charge on any atom is 0.416 e. The van der Waals surface area contributed by atoms with Gasteiger partial charge in [-0.2, -0.15) is 13.2 Å². The average molecular weight is 599 g/mol. The molecule has 0 aliphatic heterocycles. The lowest BCUT2D eigenvalue weighted by molar-refractivity contribution is -0.137. The SMILES string of the molecule is NCC(=O)NCCSc1c(NC(=O)CCCCN=C(N)N)cc(C(F)(F)F)cc1NC(=O)c1cc(C(N)=O)ncn1. The zero-order chi connectivity index (χ0) is 30.6. The van der Waals surface area contributed by atoms with Gasteiger partial charge in [0.15, 0.2) is 5.96 Å². The molecule has 14 nitrogen and oxygen atoms in total. The van der Waals surface area contributed by atoms with Crippen LogP contribution in [0.3, 0.4) is 0 Å². The Morgan fingerprint density at radius 1 is 0.927 bits per heavy atom. The number of carbonyl (C=O) groups excluding carboxylic acids is 4. The number of nitrogens with zero attached hydrogens (tertiary/aromatic N) is 3. The Morgan fingerprint density at radius 3 is 2.20 bits per heavy atom. The third-order valence-electron chi connectivity index (χ3n) is 5.05. The fourth-order valence-electron chi connectivity index (χ4n) is 3.17. The third-order valence-corrected chi connectivity index (χ3v) is 6.19. The fraction of sp³-hybridized carbons (Fsp3) is 0.348. The number of primary amides is 1. The number of hydrogen-bond donors (Lipinski definition) is 7. The van der Waals surface area contributed by atoms with E-state index in [1.807, 2.05) is 0 Å². The molecule has 1 aromatic carbocycles. The summed E-state index contributed by atoms with van der Waals surface area (Å²) in [5.41, 5.74) is 18.6. The minimum Gasteiger partial charge on any atom is -0.370 e. The van der Waals surface area contributed by atoms with E-state index < -0.39 is 35.4 Å². The molecule has 0 atom stereocenters. The van der Waals surface area contributed by atoms with Crippen molar-refractivity contribution in [1.82, 2.24) is 15.3 Å². The first-order chi connectivity index (χ1) is 19.3. The number of alkyl halides is 3. The van der Waals surface area contributed by atoms with Crippen LogP contribution in [-0.4, -0.2) is 64.9 Å². The Balaban J connectivity index is 2.42. The van der Waals surface area contributed by atoms with Crippen LogP contribution in [0.1, 0.15) is 45.8 Å². The molecule has 18 heteroatoms. The molecule has 0 aliphatic carbocycles. The number of guanidine groups is 1. The van der Waals surface area contributed by atoms with E-state index in [2.05, 4.69) is 30.9 Å². The summed E-state index contributed by atoms with van der Waals surface area (Å²) in [6.45, 7) is 0.0929. The maximum absolute atomic E-state index is 13.8. The molecular weight excluding hydrogens is 569 g/mol. The Labute approximate surface area is 236 Å². The van der Waals surface area contributed by atoms with Gasteiger partial charge in [0.1, 0.15) is 17.7 Å². The second-order valence-corrected chi connectivity index (χ2v) is 9.32. The maximum atomic E-state index is 13.8. The van der Waals surface area contributed by atoms with Crippen molar-refractivity contribution >= 4 is 52.7 Å². The highest BCUT2D eigenvalue weighted by Crippen LogP contribution is 2.41. The molecule has 0 aliphatic rings. The molecule has 0 spiro atoms. The molecule has 2 aromatic rings. The van der Waals surface area contributed by atoms with E-state index in [0.717, 1.165) is 30.2 Å². The number of aromatic nitrogens is 2. The van der Waals surface area contributed by atoms with Gasteiger partial charge in [-0.25, -0.2) is 9.97 Å². The number of rotatable bonds is 14. The van der Waals surface area contributed by atoms with E-state index in [1.165, 1.54) is 0 Å². The first kappa shape index (κ1) is 32.8. The Bertz CT molecular complexity index is 1300. The molecule has 0 fully saturated rings. The average Bonchev–Trinajstić information content (AvgIpc) is 2.90. The van der Waals surface area contributed by atoms with Gasteiger partial charge in [-0.1, -0.05) is 0 Å². The highest BCUT2D eigenvalue weighted by Gasteiger charge is 2.33. The standard InChI is InChI=1S/C23H29F3N10O4S/c24-23(25,26)12-7-13(35-17(37)3-1-2-4-32-22(29)30)19(41-6-5-31-18(38)10-27)14(8-12)36-21(40)16-9-15(20(28)39)33-11-34-16/h7-9,11H,1-6,10,27H2,(H2,28,39)(H,31,38)(H,35,37)(H,36,40)(H4,29,30,32). The highest BCUT2D eigenvalue weighted by molar-refractivity contribution is 7.99. The molecule has 2 rings (SSSR count). The van der Waals surface area contributed by atoms with Crippen LogP contribution in [0.15, 0.2) is 34.4 Å². The molecule has 0 radical (unpaired) electrons. The van der Waals surface area contributed by atoms with Crippen molar-refractivity contribution in [3.63, 3.8) is 0 Å². The van der Waals surface area contributed by atoms with Gasteiger partial charge in [0.05, 0.1) is 28.4 Å². The number of benzene rings is 1. The minimum atomic E-state index is -4.84. The van der Waals surface area contributed by atoms with Crippen LogP contribution in [-0.2, 0) is 15.8 Å². The van der Waals surface area contributed by atoms with E-state index in [-0.39, 0.29) is 65.4 Å². The van der Waals surface area contributed by atoms with Crippen LogP contribution >= 0.6 is 11.8 Å². The predicted octanol–water partition coefficient (Wildman–Crippen LogP) is 0.396. The minimum absolute atomic E-state index is 0.0502. The number of hydrogen-bond acceptors (Lipinski definition) is 9. The number of nitrogens with two attached hydrogens (primary N) is 4. The fourth-order valence-corrected chi connectivity index (χ4v) is 4.11. The van der Waals surface area contributed by atoms with E-state index in [9.17, 15) is 32.3 Å². The number of thioether (sulfide) groups is 1. The first-order valence-corrected chi connectivity index (χ1v) is 12.9. The molecule has 1 heterocycles. The molecule has 11 N–H and O–H groups in total. The largest absolute Gasteiger partial charge is 0.416 e.